The van der Waals surface area contributed by atoms with Gasteiger partial charge >= 0.3 is 0 Å². The molecule has 0 unspecified atom stereocenters. The van der Waals surface area contributed by atoms with E-state index in [0.717, 1.165) is 22.1 Å². The standard InChI is InChI=1S/C19H17BrN2O3/c1-12-3-2-4-13-7-8-21(19(12)13)17(23)10-22-15-6-5-14(20)9-16(15)25-11-18(22)24/h2-6,9H,7-8,10-11H2,1H3. The molecule has 2 amide bonds. The zero-order valence-electron chi connectivity index (χ0n) is 13.8. The molecule has 0 spiro atoms. The lowest BCUT2D eigenvalue weighted by Crippen LogP contribution is -2.46. The van der Waals surface area contributed by atoms with Crippen LogP contribution in [-0.2, 0) is 16.0 Å². The number of carbonyl (C=O) groups excluding carboxylic acids is 2. The molecule has 128 valence electrons. The fourth-order valence-electron chi connectivity index (χ4n) is 3.47. The van der Waals surface area contributed by atoms with Crippen LogP contribution in [0.4, 0.5) is 11.4 Å². The minimum Gasteiger partial charge on any atom is -0.482 e. The van der Waals surface area contributed by atoms with Gasteiger partial charge in [0.05, 0.1) is 5.69 Å². The Bertz CT molecular complexity index is 881. The maximum absolute atomic E-state index is 12.9. The highest BCUT2D eigenvalue weighted by molar-refractivity contribution is 9.10. The maximum atomic E-state index is 12.9. The third-order valence-corrected chi connectivity index (χ3v) is 5.15. The van der Waals surface area contributed by atoms with Crippen molar-refractivity contribution >= 4 is 39.1 Å². The Morgan fingerprint density at radius 3 is 2.96 bits per heavy atom. The Morgan fingerprint density at radius 2 is 2.12 bits per heavy atom. The van der Waals surface area contributed by atoms with E-state index in [9.17, 15) is 9.59 Å². The highest BCUT2D eigenvalue weighted by atomic mass is 79.9. The van der Waals surface area contributed by atoms with Crippen molar-refractivity contribution in [3.05, 3.63) is 52.0 Å². The van der Waals surface area contributed by atoms with Gasteiger partial charge in [0.1, 0.15) is 12.3 Å². The Morgan fingerprint density at radius 1 is 1.28 bits per heavy atom. The lowest BCUT2D eigenvalue weighted by Gasteiger charge is -2.30. The topological polar surface area (TPSA) is 49.9 Å². The first-order valence-corrected chi connectivity index (χ1v) is 8.95. The smallest absolute Gasteiger partial charge is 0.265 e. The molecule has 0 aliphatic carbocycles. The summed E-state index contributed by atoms with van der Waals surface area (Å²) in [5, 5.41) is 0. The van der Waals surface area contributed by atoms with Crippen LogP contribution >= 0.6 is 15.9 Å². The van der Waals surface area contributed by atoms with Gasteiger partial charge in [-0.25, -0.2) is 0 Å². The minimum atomic E-state index is -0.202. The number of carbonyl (C=O) groups is 2. The minimum absolute atomic E-state index is 0.0185. The molecular formula is C19H17BrN2O3. The molecule has 2 heterocycles. The van der Waals surface area contributed by atoms with Gasteiger partial charge in [0.2, 0.25) is 5.91 Å². The predicted molar refractivity (Wildman–Crippen MR) is 99.2 cm³/mol. The SMILES string of the molecule is Cc1cccc2c1N(C(=O)CN1C(=O)COc3cc(Br)ccc31)CC2. The van der Waals surface area contributed by atoms with Crippen LogP contribution in [0.5, 0.6) is 5.75 Å². The molecule has 2 aromatic carbocycles. The van der Waals surface area contributed by atoms with Crippen molar-refractivity contribution < 1.29 is 14.3 Å². The Hall–Kier alpha value is -2.34. The fourth-order valence-corrected chi connectivity index (χ4v) is 3.81. The van der Waals surface area contributed by atoms with Gasteiger partial charge in [-0.3, -0.25) is 14.5 Å². The summed E-state index contributed by atoms with van der Waals surface area (Å²) in [6.07, 6.45) is 0.851. The van der Waals surface area contributed by atoms with Crippen LogP contribution in [0.2, 0.25) is 0 Å². The number of hydrogen-bond acceptors (Lipinski definition) is 3. The molecule has 0 fully saturated rings. The zero-order chi connectivity index (χ0) is 17.6. The lowest BCUT2D eigenvalue weighted by molar-refractivity contribution is -0.124. The van der Waals surface area contributed by atoms with Crippen LogP contribution in [0, 0.1) is 6.92 Å². The molecule has 0 saturated heterocycles. The zero-order valence-corrected chi connectivity index (χ0v) is 15.4. The molecule has 0 atom stereocenters. The summed E-state index contributed by atoms with van der Waals surface area (Å²) >= 11 is 3.40. The van der Waals surface area contributed by atoms with E-state index in [1.807, 2.05) is 31.2 Å². The number of anilines is 2. The largest absolute Gasteiger partial charge is 0.482 e. The predicted octanol–water partition coefficient (Wildman–Crippen LogP) is 3.07. The van der Waals surface area contributed by atoms with Crippen LogP contribution in [0.3, 0.4) is 0 Å². The first kappa shape index (κ1) is 16.1. The summed E-state index contributed by atoms with van der Waals surface area (Å²) in [5.41, 5.74) is 3.90. The third kappa shape index (κ3) is 2.80. The molecule has 4 rings (SSSR count). The van der Waals surface area contributed by atoms with E-state index in [0.29, 0.717) is 18.0 Å². The number of amides is 2. The summed E-state index contributed by atoms with van der Waals surface area (Å²) in [6.45, 7) is 2.64. The lowest BCUT2D eigenvalue weighted by atomic mass is 10.1. The second-order valence-corrected chi connectivity index (χ2v) is 7.17. The molecule has 25 heavy (non-hydrogen) atoms. The molecule has 0 aromatic heterocycles. The Labute approximate surface area is 154 Å². The van der Waals surface area contributed by atoms with Crippen molar-refractivity contribution in [1.29, 1.82) is 0 Å². The van der Waals surface area contributed by atoms with Crippen LogP contribution in [0.15, 0.2) is 40.9 Å². The molecule has 0 bridgehead atoms. The van der Waals surface area contributed by atoms with E-state index in [4.69, 9.17) is 4.74 Å². The molecule has 2 aliphatic rings. The van der Waals surface area contributed by atoms with Crippen molar-refractivity contribution in [3.8, 4) is 5.75 Å². The van der Waals surface area contributed by atoms with E-state index in [2.05, 4.69) is 22.0 Å². The number of ether oxygens (including phenoxy) is 1. The van der Waals surface area contributed by atoms with Crippen molar-refractivity contribution in [2.45, 2.75) is 13.3 Å². The molecule has 0 radical (unpaired) electrons. The first-order valence-electron chi connectivity index (χ1n) is 8.16. The summed E-state index contributed by atoms with van der Waals surface area (Å²) < 4.78 is 6.35. The highest BCUT2D eigenvalue weighted by Gasteiger charge is 2.32. The van der Waals surface area contributed by atoms with Gasteiger partial charge in [0.25, 0.3) is 5.91 Å². The van der Waals surface area contributed by atoms with E-state index < -0.39 is 0 Å². The van der Waals surface area contributed by atoms with Crippen LogP contribution < -0.4 is 14.5 Å². The summed E-state index contributed by atoms with van der Waals surface area (Å²) in [4.78, 5) is 28.6. The van der Waals surface area contributed by atoms with Crippen LogP contribution in [0.25, 0.3) is 0 Å². The third-order valence-electron chi connectivity index (χ3n) is 4.66. The number of para-hydroxylation sites is 1. The summed E-state index contributed by atoms with van der Waals surface area (Å²) in [6, 6.07) is 11.5. The molecule has 2 aromatic rings. The van der Waals surface area contributed by atoms with E-state index in [-0.39, 0.29) is 25.0 Å². The average molecular weight is 401 g/mol. The average Bonchev–Trinajstić information content (AvgIpc) is 3.03. The monoisotopic (exact) mass is 400 g/mol. The van der Waals surface area contributed by atoms with Crippen molar-refractivity contribution in [1.82, 2.24) is 0 Å². The van der Waals surface area contributed by atoms with Crippen molar-refractivity contribution in [2.24, 2.45) is 0 Å². The molecule has 0 N–H and O–H groups in total. The molecular weight excluding hydrogens is 384 g/mol. The highest BCUT2D eigenvalue weighted by Crippen LogP contribution is 2.35. The quantitative estimate of drug-likeness (QED) is 0.778. The number of halogens is 1. The van der Waals surface area contributed by atoms with Gasteiger partial charge in [-0.05, 0) is 42.7 Å². The van der Waals surface area contributed by atoms with Crippen LogP contribution in [0.1, 0.15) is 11.1 Å². The molecule has 6 heteroatoms. The summed E-state index contributed by atoms with van der Waals surface area (Å²) in [7, 11) is 0. The molecule has 0 saturated carbocycles. The molecule has 2 aliphatic heterocycles. The summed E-state index contributed by atoms with van der Waals surface area (Å²) in [5.74, 6) is 0.337. The first-order chi connectivity index (χ1) is 12.0. The number of benzene rings is 2. The van der Waals surface area contributed by atoms with E-state index in [1.54, 1.807) is 11.0 Å². The number of hydrogen-bond donors (Lipinski definition) is 0. The van der Waals surface area contributed by atoms with E-state index >= 15 is 0 Å². The maximum Gasteiger partial charge on any atom is 0.265 e. The Balaban J connectivity index is 1.62. The van der Waals surface area contributed by atoms with Gasteiger partial charge in [-0.15, -0.1) is 0 Å². The second kappa shape index (κ2) is 6.19. The van der Waals surface area contributed by atoms with Crippen molar-refractivity contribution in [3.63, 3.8) is 0 Å². The normalized spacial score (nSPS) is 15.7. The van der Waals surface area contributed by atoms with Crippen LogP contribution in [-0.4, -0.2) is 31.5 Å². The Kier molecular flexibility index (Phi) is 4.00. The van der Waals surface area contributed by atoms with Gasteiger partial charge in [-0.1, -0.05) is 34.1 Å². The van der Waals surface area contributed by atoms with E-state index in [1.165, 1.54) is 10.5 Å². The van der Waals surface area contributed by atoms with Gasteiger partial charge in [0, 0.05) is 16.7 Å². The van der Waals surface area contributed by atoms with Gasteiger partial charge in [0.15, 0.2) is 6.61 Å². The second-order valence-electron chi connectivity index (χ2n) is 6.26. The van der Waals surface area contributed by atoms with Crippen molar-refractivity contribution in [2.75, 3.05) is 29.5 Å². The number of rotatable bonds is 2. The fraction of sp³-hybridized carbons (Fsp3) is 0.263. The number of fused-ring (bicyclic) bond motifs is 2. The molecule has 5 nitrogen and oxygen atoms in total. The number of aryl methyl sites for hydroxylation is 1. The van der Waals surface area contributed by atoms with Gasteiger partial charge < -0.3 is 9.64 Å². The van der Waals surface area contributed by atoms with Gasteiger partial charge in [-0.2, -0.15) is 0 Å². The number of nitrogens with zero attached hydrogens (tertiary/aromatic N) is 2.